The van der Waals surface area contributed by atoms with Crippen LogP contribution in [0, 0.1) is 5.92 Å². The molecule has 4 heterocycles. The number of carbonyl (C=O) groups excluding carboxylic acids is 4. The zero-order chi connectivity index (χ0) is 44.4. The van der Waals surface area contributed by atoms with Crippen molar-refractivity contribution in [3.63, 3.8) is 0 Å². The van der Waals surface area contributed by atoms with Gasteiger partial charge in [-0.2, -0.15) is 21.6 Å². The maximum atomic E-state index is 14.7. The van der Waals surface area contributed by atoms with Gasteiger partial charge >= 0.3 is 21.6 Å². The molecule has 0 spiro atoms. The number of anilines is 1. The smallest absolute Gasteiger partial charge is 0.497 e. The Bertz CT molecular complexity index is 2320. The molecule has 5 atom stereocenters. The highest BCUT2D eigenvalue weighted by Gasteiger charge is 2.63. The number of benzene rings is 1. The van der Waals surface area contributed by atoms with Gasteiger partial charge in [0.25, 0.3) is 5.91 Å². The van der Waals surface area contributed by atoms with Crippen molar-refractivity contribution in [2.75, 3.05) is 19.0 Å². The quantitative estimate of drug-likeness (QED) is 0.175. The first kappa shape index (κ1) is 44.9. The topological polar surface area (TPSA) is 207 Å². The third-order valence-corrected chi connectivity index (χ3v) is 13.3. The number of allylic oxidation sites excluding steroid dienone is 1. The van der Waals surface area contributed by atoms with E-state index in [1.807, 2.05) is 19.2 Å². The van der Waals surface area contributed by atoms with E-state index in [2.05, 4.69) is 16.0 Å². The Labute approximate surface area is 360 Å². The number of nitrogens with zero attached hydrogens (tertiary/aromatic N) is 3. The summed E-state index contributed by atoms with van der Waals surface area (Å²) < 4.78 is 83.3. The summed E-state index contributed by atoms with van der Waals surface area (Å²) in [6.45, 7) is 3.80. The number of pyridine rings is 1. The van der Waals surface area contributed by atoms with Crippen LogP contribution in [-0.2, 0) is 29.1 Å². The van der Waals surface area contributed by atoms with Gasteiger partial charge in [0, 0.05) is 41.3 Å². The van der Waals surface area contributed by atoms with Crippen LogP contribution in [0.15, 0.2) is 41.8 Å². The third-order valence-electron chi connectivity index (χ3n) is 11.5. The Morgan fingerprint density at radius 2 is 1.77 bits per heavy atom. The molecule has 4 amide bonds. The predicted molar refractivity (Wildman–Crippen MR) is 223 cm³/mol. The molecule has 4 aliphatic rings. The van der Waals surface area contributed by atoms with Gasteiger partial charge in [0.05, 0.1) is 24.9 Å². The minimum Gasteiger partial charge on any atom is -0.497 e. The molecule has 336 valence electrons. The molecule has 2 aliphatic carbocycles. The van der Waals surface area contributed by atoms with Gasteiger partial charge in [-0.25, -0.2) is 19.5 Å². The van der Waals surface area contributed by atoms with Gasteiger partial charge in [-0.05, 0) is 77.3 Å². The molecule has 7 rings (SSSR count). The Morgan fingerprint density at radius 1 is 1.02 bits per heavy atom. The highest BCUT2D eigenvalue weighted by molar-refractivity contribution is 7.90. The lowest BCUT2D eigenvalue weighted by atomic mass is 10.0. The van der Waals surface area contributed by atoms with Crippen molar-refractivity contribution >= 4 is 61.2 Å². The average molecular weight is 906 g/mol. The molecule has 2 aliphatic heterocycles. The van der Waals surface area contributed by atoms with Crippen LogP contribution in [0.4, 0.5) is 23.1 Å². The number of carbonyl (C=O) groups is 4. The largest absolute Gasteiger partial charge is 0.516 e. The summed E-state index contributed by atoms with van der Waals surface area (Å²) in [5, 5.41) is 11.7. The van der Waals surface area contributed by atoms with Crippen LogP contribution in [-0.4, -0.2) is 102 Å². The number of amides is 4. The molecule has 2 aromatic heterocycles. The van der Waals surface area contributed by atoms with E-state index in [0.717, 1.165) is 17.6 Å². The first-order valence-electron chi connectivity index (χ1n) is 20.7. The zero-order valence-electron chi connectivity index (χ0n) is 34.5. The number of hydrogen-bond donors (Lipinski definition) is 4. The van der Waals surface area contributed by atoms with Crippen molar-refractivity contribution in [1.82, 2.24) is 30.2 Å². The Hall–Kier alpha value is -5.18. The molecule has 1 aromatic carbocycles. The highest BCUT2D eigenvalue weighted by atomic mass is 32.2. The Kier molecular flexibility index (Phi) is 13.2. The molecular weight excluding hydrogens is 856 g/mol. The lowest BCUT2D eigenvalue weighted by Gasteiger charge is -2.30. The van der Waals surface area contributed by atoms with Gasteiger partial charge in [0.2, 0.25) is 11.8 Å². The van der Waals surface area contributed by atoms with Gasteiger partial charge < -0.3 is 35.1 Å². The summed E-state index contributed by atoms with van der Waals surface area (Å²) >= 11 is 1.40. The summed E-state index contributed by atoms with van der Waals surface area (Å²) in [4.78, 5) is 66.6. The molecule has 4 N–H and O–H groups in total. The van der Waals surface area contributed by atoms with Gasteiger partial charge in [0.1, 0.15) is 47.0 Å². The molecule has 0 bridgehead atoms. The number of methoxy groups -OCH3 is 1. The lowest BCUT2D eigenvalue weighted by molar-refractivity contribution is -0.141. The standard InChI is InChI=1S/C41H50F3N7O9S2/c1-23(2)45-38-47-32(22-61-38)31-19-34(28-16-15-26(58-3)17-30(28)46-31)59-27-18-33-35(52)49-40(37(54)50-62(56,57)41(42,43)44)20-24(40)11-7-5-4-6-8-14-29(36(53)51(33)21-27)48-39(55)60-25-12-9-10-13-25/h7,11,15-17,19,22-25,27,29,33H,4-6,8-10,12-14,18,20-21H2,1-3H3,(H,45,47)(H,48,55)(H,49,52)(H,50,54)/b11-7-/t24-,27-,29+,33+,40-/m1/s1. The maximum Gasteiger partial charge on any atom is 0.516 e. The van der Waals surface area contributed by atoms with Crippen LogP contribution in [0.5, 0.6) is 11.5 Å². The van der Waals surface area contributed by atoms with E-state index in [-0.39, 0.29) is 38.0 Å². The minimum atomic E-state index is -6.12. The fourth-order valence-corrected chi connectivity index (χ4v) is 9.58. The van der Waals surface area contributed by atoms with Crippen LogP contribution < -0.4 is 30.1 Å². The van der Waals surface area contributed by atoms with Crippen molar-refractivity contribution in [2.45, 2.75) is 126 Å². The van der Waals surface area contributed by atoms with E-state index in [4.69, 9.17) is 24.2 Å². The predicted octanol–water partition coefficient (Wildman–Crippen LogP) is 5.93. The Morgan fingerprint density at radius 3 is 2.50 bits per heavy atom. The van der Waals surface area contributed by atoms with Crippen molar-refractivity contribution in [1.29, 1.82) is 0 Å². The summed E-state index contributed by atoms with van der Waals surface area (Å²) in [6.07, 6.45) is 6.75. The second-order valence-electron chi connectivity index (χ2n) is 16.4. The highest BCUT2D eigenvalue weighted by Crippen LogP contribution is 2.46. The minimum absolute atomic E-state index is 0.129. The van der Waals surface area contributed by atoms with E-state index in [1.165, 1.54) is 23.3 Å². The number of fused-ring (bicyclic) bond motifs is 3. The molecule has 1 saturated heterocycles. The van der Waals surface area contributed by atoms with Crippen LogP contribution in [0.25, 0.3) is 22.3 Å². The normalized spacial score (nSPS) is 25.5. The maximum absolute atomic E-state index is 14.7. The summed E-state index contributed by atoms with van der Waals surface area (Å²) in [5.74, 6) is -3.06. The fourth-order valence-electron chi connectivity index (χ4n) is 8.19. The van der Waals surface area contributed by atoms with E-state index in [0.29, 0.717) is 77.4 Å². The number of halogens is 3. The van der Waals surface area contributed by atoms with Crippen molar-refractivity contribution in [3.8, 4) is 22.9 Å². The third kappa shape index (κ3) is 10.0. The number of alkyl carbamates (subject to hydrolysis) is 1. The number of aromatic nitrogens is 2. The van der Waals surface area contributed by atoms with Crippen LogP contribution in [0.2, 0.25) is 0 Å². The number of rotatable bonds is 10. The number of ether oxygens (including phenoxy) is 3. The molecule has 16 nitrogen and oxygen atoms in total. The first-order chi connectivity index (χ1) is 29.5. The van der Waals surface area contributed by atoms with Gasteiger partial charge in [-0.3, -0.25) is 14.4 Å². The molecule has 21 heteroatoms. The molecule has 3 fully saturated rings. The SMILES string of the molecule is COc1ccc2c(O[C@@H]3C[C@H]4C(=O)N[C@]5(C(=O)NS(=O)(=O)C(F)(F)F)C[C@H]5/C=C\CCCCC[C@H](NC(=O)OC5CCCC5)C(=O)N4C3)cc(-c3csc(NC(C)C)n3)nc2c1. The zero-order valence-corrected chi connectivity index (χ0v) is 36.1. The van der Waals surface area contributed by atoms with Gasteiger partial charge in [-0.15, -0.1) is 11.3 Å². The van der Waals surface area contributed by atoms with Gasteiger partial charge in [-0.1, -0.05) is 25.0 Å². The fraction of sp³-hybridized carbons (Fsp3) is 0.561. The van der Waals surface area contributed by atoms with Crippen molar-refractivity contribution < 1.29 is 55.0 Å². The van der Waals surface area contributed by atoms with E-state index in [1.54, 1.807) is 36.4 Å². The van der Waals surface area contributed by atoms with Crippen LogP contribution in [0.1, 0.15) is 84.5 Å². The molecule has 0 radical (unpaired) electrons. The first-order valence-corrected chi connectivity index (χ1v) is 23.1. The summed E-state index contributed by atoms with van der Waals surface area (Å²) in [7, 11) is -4.60. The molecule has 62 heavy (non-hydrogen) atoms. The lowest BCUT2D eigenvalue weighted by Crippen LogP contribution is -2.58. The van der Waals surface area contributed by atoms with Crippen LogP contribution in [0.3, 0.4) is 0 Å². The van der Waals surface area contributed by atoms with E-state index in [9.17, 15) is 40.8 Å². The molecule has 3 aromatic rings. The number of sulfonamides is 1. The summed E-state index contributed by atoms with van der Waals surface area (Å²) in [6, 6.07) is 4.55. The second-order valence-corrected chi connectivity index (χ2v) is 19.0. The number of hydrogen-bond acceptors (Lipinski definition) is 13. The van der Waals surface area contributed by atoms with Crippen LogP contribution >= 0.6 is 11.3 Å². The average Bonchev–Trinajstić information content (AvgIpc) is 3.64. The number of nitrogens with one attached hydrogen (secondary N) is 4. The second kappa shape index (κ2) is 18.3. The van der Waals surface area contributed by atoms with Crippen molar-refractivity contribution in [2.24, 2.45) is 5.92 Å². The molecular formula is C41H50F3N7O9S2. The number of alkyl halides is 3. The monoisotopic (exact) mass is 905 g/mol. The van der Waals surface area contributed by atoms with E-state index >= 15 is 0 Å². The van der Waals surface area contributed by atoms with Crippen molar-refractivity contribution in [3.05, 3.63) is 41.8 Å². The molecule has 2 saturated carbocycles. The number of thiazole rings is 1. The molecule has 0 unspecified atom stereocenters. The summed E-state index contributed by atoms with van der Waals surface area (Å²) in [5.41, 5.74) is -6.32. The Balaban J connectivity index is 1.23. The van der Waals surface area contributed by atoms with E-state index < -0.39 is 69.0 Å². The van der Waals surface area contributed by atoms with Gasteiger partial charge in [0.15, 0.2) is 5.13 Å².